The fourth-order valence-corrected chi connectivity index (χ4v) is 5.37. The van der Waals surface area contributed by atoms with Gasteiger partial charge in [0.1, 0.15) is 29.3 Å². The van der Waals surface area contributed by atoms with Crippen LogP contribution >= 0.6 is 0 Å². The van der Waals surface area contributed by atoms with Crippen molar-refractivity contribution in [3.05, 3.63) is 58.4 Å². The highest BCUT2D eigenvalue weighted by molar-refractivity contribution is 6.00. The summed E-state index contributed by atoms with van der Waals surface area (Å²) in [5.74, 6) is -5.51. The molecule has 3 fully saturated rings. The average molecular weight is 465 g/mol. The number of carbonyl (C=O) groups excluding carboxylic acids is 2. The van der Waals surface area contributed by atoms with Gasteiger partial charge >= 0.3 is 0 Å². The molecule has 176 valence electrons. The molecule has 1 aliphatic carbocycles. The summed E-state index contributed by atoms with van der Waals surface area (Å²) >= 11 is 0. The summed E-state index contributed by atoms with van der Waals surface area (Å²) < 4.78 is 47.0. The topological polar surface area (TPSA) is 102 Å². The van der Waals surface area contributed by atoms with Crippen LogP contribution in [-0.4, -0.2) is 62.3 Å². The molecule has 1 spiro atoms. The average Bonchev–Trinajstić information content (AvgIpc) is 3.32. The molecule has 8 nitrogen and oxygen atoms in total. The predicted octanol–water partition coefficient (Wildman–Crippen LogP) is 1.56. The van der Waals surface area contributed by atoms with Crippen molar-refractivity contribution in [1.29, 1.82) is 0 Å². The van der Waals surface area contributed by atoms with E-state index in [1.165, 1.54) is 11.1 Å². The molecule has 4 aliphatic rings. The van der Waals surface area contributed by atoms with Crippen molar-refractivity contribution in [2.24, 2.45) is 0 Å². The molecule has 3 heterocycles. The Morgan fingerprint density at radius 2 is 2.00 bits per heavy atom. The molecule has 5 rings (SSSR count). The third-order valence-electron chi connectivity index (χ3n) is 6.84. The number of amides is 2. The van der Waals surface area contributed by atoms with Gasteiger partial charge in [0.25, 0.3) is 11.8 Å². The second-order valence-corrected chi connectivity index (χ2v) is 8.75. The van der Waals surface area contributed by atoms with Crippen molar-refractivity contribution in [2.75, 3.05) is 6.61 Å². The second kappa shape index (κ2) is 7.49. The molecule has 3 aliphatic heterocycles. The van der Waals surface area contributed by atoms with Crippen LogP contribution in [0.1, 0.15) is 31.7 Å². The van der Waals surface area contributed by atoms with Crippen LogP contribution in [0, 0.1) is 17.5 Å². The zero-order valence-corrected chi connectivity index (χ0v) is 17.6. The lowest BCUT2D eigenvalue weighted by molar-refractivity contribution is -0.168. The van der Waals surface area contributed by atoms with E-state index in [0.29, 0.717) is 31.6 Å². The first kappa shape index (κ1) is 21.8. The minimum absolute atomic E-state index is 0.116. The number of hydrogen-bond acceptors (Lipinski definition) is 6. The predicted molar refractivity (Wildman–Crippen MR) is 106 cm³/mol. The number of hydrogen-bond donors (Lipinski definition) is 3. The fraction of sp³-hybridized carbons (Fsp3) is 0.455. The molecule has 33 heavy (non-hydrogen) atoms. The minimum Gasteiger partial charge on any atom is -0.507 e. The van der Waals surface area contributed by atoms with E-state index in [9.17, 15) is 33.0 Å². The maximum absolute atomic E-state index is 13.9. The van der Waals surface area contributed by atoms with Gasteiger partial charge in [-0.05, 0) is 26.2 Å². The van der Waals surface area contributed by atoms with Crippen LogP contribution in [0.4, 0.5) is 13.2 Å². The van der Waals surface area contributed by atoms with Crippen molar-refractivity contribution in [3.63, 3.8) is 0 Å². The Balaban J connectivity index is 1.45. The number of aliphatic hydroxyl groups excluding tert-OH is 2. The molecular formula is C22H22F3N3O5. The molecule has 2 saturated heterocycles. The Kier molecular flexibility index (Phi) is 4.94. The Hall–Kier alpha value is -3.05. The van der Waals surface area contributed by atoms with Gasteiger partial charge in [-0.25, -0.2) is 13.2 Å². The van der Waals surface area contributed by atoms with Crippen LogP contribution in [0.3, 0.4) is 0 Å². The van der Waals surface area contributed by atoms with Crippen LogP contribution in [0.25, 0.3) is 0 Å². The van der Waals surface area contributed by atoms with Crippen molar-refractivity contribution >= 4 is 11.8 Å². The number of aliphatic hydroxyl groups is 2. The number of ether oxygens (including phenoxy) is 1. The van der Waals surface area contributed by atoms with Gasteiger partial charge in [0.05, 0.1) is 24.3 Å². The molecule has 4 atom stereocenters. The minimum atomic E-state index is -1.81. The zero-order chi connectivity index (χ0) is 23.7. The molecule has 0 bridgehead atoms. The monoisotopic (exact) mass is 465 g/mol. The van der Waals surface area contributed by atoms with E-state index in [1.807, 2.05) is 6.92 Å². The van der Waals surface area contributed by atoms with Gasteiger partial charge < -0.3 is 30.1 Å². The van der Waals surface area contributed by atoms with Gasteiger partial charge in [-0.1, -0.05) is 0 Å². The summed E-state index contributed by atoms with van der Waals surface area (Å²) in [6.07, 6.45) is 1.45. The summed E-state index contributed by atoms with van der Waals surface area (Å²) in [6.45, 7) is 1.56. The van der Waals surface area contributed by atoms with Gasteiger partial charge in [-0.15, -0.1) is 0 Å². The number of benzene rings is 1. The molecule has 1 aromatic rings. The lowest BCUT2D eigenvalue weighted by Crippen LogP contribution is -2.66. The number of halogens is 3. The summed E-state index contributed by atoms with van der Waals surface area (Å²) in [4.78, 5) is 29.1. The molecule has 1 aromatic carbocycles. The normalized spacial score (nSPS) is 30.8. The van der Waals surface area contributed by atoms with Crippen LogP contribution < -0.4 is 5.32 Å². The number of rotatable bonds is 3. The van der Waals surface area contributed by atoms with Gasteiger partial charge in [-0.3, -0.25) is 9.59 Å². The molecule has 0 radical (unpaired) electrons. The Morgan fingerprint density at radius 3 is 2.70 bits per heavy atom. The van der Waals surface area contributed by atoms with E-state index < -0.39 is 59.0 Å². The first-order chi connectivity index (χ1) is 15.7. The molecule has 0 aromatic heterocycles. The summed E-state index contributed by atoms with van der Waals surface area (Å²) in [7, 11) is 0. The number of nitrogens with zero attached hydrogens (tertiary/aromatic N) is 2. The smallest absolute Gasteiger partial charge is 0.276 e. The van der Waals surface area contributed by atoms with Crippen LogP contribution in [-0.2, 0) is 20.9 Å². The number of piperazine rings is 1. The van der Waals surface area contributed by atoms with E-state index in [1.54, 1.807) is 4.90 Å². The molecule has 2 amide bonds. The molecular weight excluding hydrogens is 443 g/mol. The van der Waals surface area contributed by atoms with E-state index in [4.69, 9.17) is 4.74 Å². The quantitative estimate of drug-likeness (QED) is 0.626. The second-order valence-electron chi connectivity index (χ2n) is 8.75. The van der Waals surface area contributed by atoms with Crippen LogP contribution in [0.2, 0.25) is 0 Å². The third-order valence-corrected chi connectivity index (χ3v) is 6.84. The third kappa shape index (κ3) is 3.06. The molecule has 11 heteroatoms. The molecule has 1 saturated carbocycles. The van der Waals surface area contributed by atoms with E-state index in [-0.39, 0.29) is 23.4 Å². The maximum Gasteiger partial charge on any atom is 0.276 e. The Labute approximate surface area is 186 Å². The number of carbonyl (C=O) groups is 2. The number of fused-ring (bicyclic) bond motifs is 2. The zero-order valence-electron chi connectivity index (χ0n) is 17.6. The SMILES string of the molecule is C[C@@H]1CO[C@@]23CCC[C@@H]2N2C=C(C(=O)NCc4c(F)cc(F)cc4F)C(O)C(O)=C2C(=O)N13. The van der Waals surface area contributed by atoms with Crippen molar-refractivity contribution in [2.45, 2.75) is 56.6 Å². The lowest BCUT2D eigenvalue weighted by Gasteiger charge is -2.51. The lowest BCUT2D eigenvalue weighted by atomic mass is 9.92. The molecule has 1 unspecified atom stereocenters. The van der Waals surface area contributed by atoms with Crippen molar-refractivity contribution in [3.8, 4) is 0 Å². The fourth-order valence-electron chi connectivity index (χ4n) is 5.37. The highest BCUT2D eigenvalue weighted by Gasteiger charge is 2.63. The van der Waals surface area contributed by atoms with E-state index >= 15 is 0 Å². The summed E-state index contributed by atoms with van der Waals surface area (Å²) in [5, 5.41) is 23.6. The van der Waals surface area contributed by atoms with Crippen LogP contribution in [0.15, 0.2) is 35.4 Å². The highest BCUT2D eigenvalue weighted by Crippen LogP contribution is 2.50. The Bertz CT molecular complexity index is 1100. The van der Waals surface area contributed by atoms with Crippen LogP contribution in [0.5, 0.6) is 0 Å². The standard InChI is InChI=1S/C22H22F3N3O5/c1-10-9-33-22-4-2-3-16(22)27-8-13(18(29)19(30)17(27)21(32)28(10)22)20(31)26-7-12-14(24)5-11(23)6-15(12)25/h5-6,8,10,16,18,29-30H,2-4,7,9H2,1H3,(H,26,31)/t10-,16+,18?,22+/m1/s1. The number of nitrogens with one attached hydrogen (secondary N) is 1. The van der Waals surface area contributed by atoms with Gasteiger partial charge in [0.2, 0.25) is 0 Å². The maximum atomic E-state index is 13.9. The van der Waals surface area contributed by atoms with Gasteiger partial charge in [-0.2, -0.15) is 0 Å². The summed E-state index contributed by atoms with van der Waals surface area (Å²) in [5.41, 5.74) is -1.85. The Morgan fingerprint density at radius 1 is 1.30 bits per heavy atom. The highest BCUT2D eigenvalue weighted by atomic mass is 19.1. The summed E-state index contributed by atoms with van der Waals surface area (Å²) in [6, 6.07) is 0.396. The largest absolute Gasteiger partial charge is 0.507 e. The van der Waals surface area contributed by atoms with Crippen molar-refractivity contribution in [1.82, 2.24) is 15.1 Å². The van der Waals surface area contributed by atoms with E-state index in [0.717, 1.165) is 6.42 Å². The first-order valence-electron chi connectivity index (χ1n) is 10.7. The molecule has 3 N–H and O–H groups in total. The van der Waals surface area contributed by atoms with Crippen molar-refractivity contribution < 1.29 is 37.7 Å². The van der Waals surface area contributed by atoms with E-state index in [2.05, 4.69) is 5.32 Å². The first-order valence-corrected chi connectivity index (χ1v) is 10.7. The van der Waals surface area contributed by atoms with Gasteiger partial charge in [0, 0.05) is 30.4 Å². The van der Waals surface area contributed by atoms with Gasteiger partial charge in [0.15, 0.2) is 11.5 Å².